The van der Waals surface area contributed by atoms with Crippen LogP contribution in [0.1, 0.15) is 38.7 Å². The van der Waals surface area contributed by atoms with Crippen molar-refractivity contribution in [2.24, 2.45) is 0 Å². The van der Waals surface area contributed by atoms with Crippen LogP contribution in [0.25, 0.3) is 0 Å². The van der Waals surface area contributed by atoms with Crippen LogP contribution in [0.5, 0.6) is 11.5 Å². The summed E-state index contributed by atoms with van der Waals surface area (Å²) in [5.74, 6) is 1.67. The van der Waals surface area contributed by atoms with Gasteiger partial charge in [0.25, 0.3) is 0 Å². The van der Waals surface area contributed by atoms with Crippen molar-refractivity contribution in [3.63, 3.8) is 0 Å². The standard InChI is InChI=1S/C17H27NO3/c1-3-9-21-16-8-7-14(11-17(16)19-4-2)12-18-13-15-6-5-10-20-15/h7-8,11,15,18H,3-6,9-10,12-13H2,1-2H3/t15-/m1/s1. The van der Waals surface area contributed by atoms with Crippen molar-refractivity contribution in [2.45, 2.75) is 45.8 Å². The lowest BCUT2D eigenvalue weighted by atomic mass is 10.2. The van der Waals surface area contributed by atoms with Gasteiger partial charge in [-0.2, -0.15) is 0 Å². The summed E-state index contributed by atoms with van der Waals surface area (Å²) in [4.78, 5) is 0. The van der Waals surface area contributed by atoms with Crippen molar-refractivity contribution in [1.29, 1.82) is 0 Å². The van der Waals surface area contributed by atoms with Crippen LogP contribution in [0.4, 0.5) is 0 Å². The summed E-state index contributed by atoms with van der Waals surface area (Å²) < 4.78 is 17.0. The predicted molar refractivity (Wildman–Crippen MR) is 84.1 cm³/mol. The Hall–Kier alpha value is -1.26. The third-order valence-corrected chi connectivity index (χ3v) is 3.49. The molecule has 1 atom stereocenters. The number of nitrogens with one attached hydrogen (secondary N) is 1. The Morgan fingerprint density at radius 2 is 2.14 bits per heavy atom. The van der Waals surface area contributed by atoms with Crippen molar-refractivity contribution < 1.29 is 14.2 Å². The molecule has 2 rings (SSSR count). The van der Waals surface area contributed by atoms with Gasteiger partial charge < -0.3 is 19.5 Å². The van der Waals surface area contributed by atoms with Crippen LogP contribution in [0.15, 0.2) is 18.2 Å². The van der Waals surface area contributed by atoms with E-state index in [0.717, 1.165) is 44.2 Å². The molecule has 1 aromatic carbocycles. The lowest BCUT2D eigenvalue weighted by Crippen LogP contribution is -2.25. The number of benzene rings is 1. The van der Waals surface area contributed by atoms with E-state index in [1.165, 1.54) is 18.4 Å². The summed E-state index contributed by atoms with van der Waals surface area (Å²) in [7, 11) is 0. The third kappa shape index (κ3) is 5.21. The Labute approximate surface area is 127 Å². The van der Waals surface area contributed by atoms with Gasteiger partial charge in [-0.1, -0.05) is 13.0 Å². The first-order valence-electron chi connectivity index (χ1n) is 8.04. The molecule has 1 heterocycles. The largest absolute Gasteiger partial charge is 0.490 e. The predicted octanol–water partition coefficient (Wildman–Crippen LogP) is 3.14. The average Bonchev–Trinajstić information content (AvgIpc) is 3.00. The van der Waals surface area contributed by atoms with Gasteiger partial charge in [-0.15, -0.1) is 0 Å². The maximum atomic E-state index is 5.71. The molecule has 1 saturated heterocycles. The highest BCUT2D eigenvalue weighted by Gasteiger charge is 2.14. The first-order valence-corrected chi connectivity index (χ1v) is 8.04. The molecule has 1 aliphatic heterocycles. The lowest BCUT2D eigenvalue weighted by Gasteiger charge is -2.14. The van der Waals surface area contributed by atoms with E-state index in [-0.39, 0.29) is 0 Å². The normalized spacial score (nSPS) is 17.9. The van der Waals surface area contributed by atoms with Crippen LogP contribution >= 0.6 is 0 Å². The maximum Gasteiger partial charge on any atom is 0.161 e. The van der Waals surface area contributed by atoms with E-state index in [2.05, 4.69) is 24.4 Å². The minimum Gasteiger partial charge on any atom is -0.490 e. The third-order valence-electron chi connectivity index (χ3n) is 3.49. The van der Waals surface area contributed by atoms with Gasteiger partial charge in [0, 0.05) is 19.7 Å². The Morgan fingerprint density at radius 1 is 1.24 bits per heavy atom. The highest BCUT2D eigenvalue weighted by molar-refractivity contribution is 5.43. The SMILES string of the molecule is CCCOc1ccc(CNC[C@H]2CCCO2)cc1OCC. The van der Waals surface area contributed by atoms with E-state index in [1.807, 2.05) is 13.0 Å². The van der Waals surface area contributed by atoms with E-state index >= 15 is 0 Å². The molecular weight excluding hydrogens is 266 g/mol. The van der Waals surface area contributed by atoms with Gasteiger partial charge in [-0.25, -0.2) is 0 Å². The summed E-state index contributed by atoms with van der Waals surface area (Å²) in [5, 5.41) is 3.45. The summed E-state index contributed by atoms with van der Waals surface area (Å²) in [6.45, 7) is 8.11. The second kappa shape index (κ2) is 8.90. The van der Waals surface area contributed by atoms with Crippen molar-refractivity contribution in [1.82, 2.24) is 5.32 Å². The van der Waals surface area contributed by atoms with Crippen LogP contribution in [0, 0.1) is 0 Å². The fourth-order valence-electron chi connectivity index (χ4n) is 2.44. The lowest BCUT2D eigenvalue weighted by molar-refractivity contribution is 0.110. The van der Waals surface area contributed by atoms with Gasteiger partial charge in [0.1, 0.15) is 0 Å². The molecule has 0 saturated carbocycles. The number of rotatable bonds is 9. The van der Waals surface area contributed by atoms with Crippen LogP contribution in [0.2, 0.25) is 0 Å². The first kappa shape index (κ1) is 16.1. The molecule has 1 fully saturated rings. The minimum atomic E-state index is 0.378. The van der Waals surface area contributed by atoms with E-state index in [1.54, 1.807) is 0 Å². The Bertz CT molecular complexity index is 416. The van der Waals surface area contributed by atoms with E-state index in [4.69, 9.17) is 14.2 Å². The van der Waals surface area contributed by atoms with Gasteiger partial charge >= 0.3 is 0 Å². The topological polar surface area (TPSA) is 39.7 Å². The molecule has 118 valence electrons. The molecule has 0 aromatic heterocycles. The maximum absolute atomic E-state index is 5.71. The molecular formula is C17H27NO3. The van der Waals surface area contributed by atoms with Gasteiger partial charge in [0.2, 0.25) is 0 Å². The summed E-state index contributed by atoms with van der Waals surface area (Å²) >= 11 is 0. The Balaban J connectivity index is 1.87. The number of hydrogen-bond donors (Lipinski definition) is 1. The molecule has 0 aliphatic carbocycles. The van der Waals surface area contributed by atoms with E-state index < -0.39 is 0 Å². The van der Waals surface area contributed by atoms with E-state index in [0.29, 0.717) is 12.7 Å². The zero-order valence-electron chi connectivity index (χ0n) is 13.2. The van der Waals surface area contributed by atoms with Crippen LogP contribution in [-0.2, 0) is 11.3 Å². The average molecular weight is 293 g/mol. The quantitative estimate of drug-likeness (QED) is 0.759. The van der Waals surface area contributed by atoms with E-state index in [9.17, 15) is 0 Å². The van der Waals surface area contributed by atoms with Crippen molar-refractivity contribution in [3.05, 3.63) is 23.8 Å². The fourth-order valence-corrected chi connectivity index (χ4v) is 2.44. The van der Waals surface area contributed by atoms with Gasteiger partial charge in [0.05, 0.1) is 19.3 Å². The smallest absolute Gasteiger partial charge is 0.161 e. The number of hydrogen-bond acceptors (Lipinski definition) is 4. The minimum absolute atomic E-state index is 0.378. The van der Waals surface area contributed by atoms with Crippen molar-refractivity contribution in [3.8, 4) is 11.5 Å². The Kier molecular flexibility index (Phi) is 6.83. The zero-order chi connectivity index (χ0) is 14.9. The summed E-state index contributed by atoms with van der Waals surface area (Å²) in [6, 6.07) is 6.16. The molecule has 21 heavy (non-hydrogen) atoms. The second-order valence-electron chi connectivity index (χ2n) is 5.33. The number of ether oxygens (including phenoxy) is 3. The fraction of sp³-hybridized carbons (Fsp3) is 0.647. The molecule has 0 bridgehead atoms. The van der Waals surface area contributed by atoms with Crippen LogP contribution < -0.4 is 14.8 Å². The molecule has 4 heteroatoms. The van der Waals surface area contributed by atoms with Gasteiger partial charge in [-0.3, -0.25) is 0 Å². The highest BCUT2D eigenvalue weighted by Crippen LogP contribution is 2.28. The molecule has 1 aliphatic rings. The van der Waals surface area contributed by atoms with Crippen molar-refractivity contribution in [2.75, 3.05) is 26.4 Å². The summed E-state index contributed by atoms with van der Waals surface area (Å²) in [6.07, 6.45) is 3.73. The molecule has 0 amide bonds. The van der Waals surface area contributed by atoms with Gasteiger partial charge in [0.15, 0.2) is 11.5 Å². The molecule has 1 N–H and O–H groups in total. The van der Waals surface area contributed by atoms with Crippen molar-refractivity contribution >= 4 is 0 Å². The molecule has 4 nitrogen and oxygen atoms in total. The van der Waals surface area contributed by atoms with Gasteiger partial charge in [-0.05, 0) is 43.9 Å². The first-order chi connectivity index (χ1) is 10.3. The van der Waals surface area contributed by atoms with Crippen LogP contribution in [-0.4, -0.2) is 32.5 Å². The van der Waals surface area contributed by atoms with Crippen LogP contribution in [0.3, 0.4) is 0 Å². The second-order valence-corrected chi connectivity index (χ2v) is 5.33. The Morgan fingerprint density at radius 3 is 2.86 bits per heavy atom. The molecule has 0 spiro atoms. The molecule has 1 aromatic rings. The molecule has 0 radical (unpaired) electrons. The monoisotopic (exact) mass is 293 g/mol. The zero-order valence-corrected chi connectivity index (χ0v) is 13.2. The molecule has 0 unspecified atom stereocenters. The summed E-state index contributed by atoms with van der Waals surface area (Å²) in [5.41, 5.74) is 1.21. The highest BCUT2D eigenvalue weighted by atomic mass is 16.5.